The summed E-state index contributed by atoms with van der Waals surface area (Å²) in [6, 6.07) is 15.0. The van der Waals surface area contributed by atoms with Crippen LogP contribution in [-0.2, 0) is 9.53 Å². The Morgan fingerprint density at radius 3 is 2.60 bits per heavy atom. The van der Waals surface area contributed by atoms with Gasteiger partial charge in [-0.1, -0.05) is 41.6 Å². The molecule has 132 valence electrons. The number of ether oxygens (including phenoxy) is 1. The summed E-state index contributed by atoms with van der Waals surface area (Å²) in [5, 5.41) is 3.48. The molecule has 1 aliphatic rings. The van der Waals surface area contributed by atoms with Crippen molar-refractivity contribution in [3.05, 3.63) is 53.6 Å². The molecule has 0 spiro atoms. The van der Waals surface area contributed by atoms with Gasteiger partial charge in [-0.2, -0.15) is 0 Å². The Bertz CT molecular complexity index is 721. The second kappa shape index (κ2) is 8.72. The van der Waals surface area contributed by atoms with E-state index in [2.05, 4.69) is 5.32 Å². The molecule has 1 heterocycles. The van der Waals surface area contributed by atoms with Crippen LogP contribution in [0.1, 0.15) is 12.8 Å². The Labute approximate surface area is 157 Å². The zero-order valence-electron chi connectivity index (χ0n) is 13.8. The molecule has 1 fully saturated rings. The molecule has 0 aliphatic carbocycles. The van der Waals surface area contributed by atoms with Crippen LogP contribution in [0, 0.1) is 5.92 Å². The van der Waals surface area contributed by atoms with E-state index < -0.39 is 6.04 Å². The number of nitrogens with one attached hydrogen (secondary N) is 1. The molecule has 2 aromatic carbocycles. The van der Waals surface area contributed by atoms with Crippen molar-refractivity contribution in [1.29, 1.82) is 0 Å². The lowest BCUT2D eigenvalue weighted by Gasteiger charge is -2.26. The second-order valence-corrected chi connectivity index (χ2v) is 7.55. The van der Waals surface area contributed by atoms with Crippen molar-refractivity contribution >= 4 is 35.0 Å². The number of carbonyl (C=O) groups is 1. The predicted octanol–water partition coefficient (Wildman–Crippen LogP) is 4.18. The Kier molecular flexibility index (Phi) is 6.37. The van der Waals surface area contributed by atoms with Crippen molar-refractivity contribution in [3.63, 3.8) is 0 Å². The SMILES string of the molecule is NC(C(=O)Nc1ccc(Sc2ccccc2)c(Cl)c1)C1CCOCC1. The van der Waals surface area contributed by atoms with Crippen molar-refractivity contribution in [3.8, 4) is 0 Å². The fourth-order valence-electron chi connectivity index (χ4n) is 2.79. The summed E-state index contributed by atoms with van der Waals surface area (Å²) in [6.45, 7) is 1.34. The van der Waals surface area contributed by atoms with E-state index in [1.165, 1.54) is 0 Å². The molecule has 1 unspecified atom stereocenters. The fourth-order valence-corrected chi connectivity index (χ4v) is 3.93. The van der Waals surface area contributed by atoms with E-state index in [-0.39, 0.29) is 11.8 Å². The van der Waals surface area contributed by atoms with Crippen LogP contribution in [0.2, 0.25) is 5.02 Å². The van der Waals surface area contributed by atoms with Crippen molar-refractivity contribution in [2.45, 2.75) is 28.7 Å². The summed E-state index contributed by atoms with van der Waals surface area (Å²) in [5.41, 5.74) is 6.77. The number of rotatable bonds is 5. The second-order valence-electron chi connectivity index (χ2n) is 6.03. The minimum Gasteiger partial charge on any atom is -0.381 e. The highest BCUT2D eigenvalue weighted by molar-refractivity contribution is 7.99. The van der Waals surface area contributed by atoms with Crippen LogP contribution < -0.4 is 11.1 Å². The van der Waals surface area contributed by atoms with Gasteiger partial charge in [0.2, 0.25) is 5.91 Å². The Hall–Kier alpha value is -1.53. The van der Waals surface area contributed by atoms with Gasteiger partial charge in [0.15, 0.2) is 0 Å². The lowest BCUT2D eigenvalue weighted by molar-refractivity contribution is -0.119. The normalized spacial score (nSPS) is 16.4. The average molecular weight is 377 g/mol. The highest BCUT2D eigenvalue weighted by Crippen LogP contribution is 2.34. The molecular weight excluding hydrogens is 356 g/mol. The largest absolute Gasteiger partial charge is 0.381 e. The highest BCUT2D eigenvalue weighted by atomic mass is 35.5. The molecule has 4 nitrogen and oxygen atoms in total. The third-order valence-electron chi connectivity index (χ3n) is 4.25. The first-order valence-corrected chi connectivity index (χ1v) is 9.49. The average Bonchev–Trinajstić information content (AvgIpc) is 2.65. The molecule has 25 heavy (non-hydrogen) atoms. The highest BCUT2D eigenvalue weighted by Gasteiger charge is 2.26. The fraction of sp³-hybridized carbons (Fsp3) is 0.316. The lowest BCUT2D eigenvalue weighted by Crippen LogP contribution is -2.44. The van der Waals surface area contributed by atoms with Gasteiger partial charge in [-0.05, 0) is 49.1 Å². The van der Waals surface area contributed by atoms with Gasteiger partial charge in [0.1, 0.15) is 0 Å². The Morgan fingerprint density at radius 1 is 1.20 bits per heavy atom. The third kappa shape index (κ3) is 4.98. The molecule has 3 N–H and O–H groups in total. The molecule has 1 amide bonds. The number of halogens is 1. The Balaban J connectivity index is 1.63. The van der Waals surface area contributed by atoms with Crippen LogP contribution in [0.15, 0.2) is 58.3 Å². The monoisotopic (exact) mass is 376 g/mol. The van der Waals surface area contributed by atoms with Gasteiger partial charge in [-0.15, -0.1) is 0 Å². The number of carbonyl (C=O) groups excluding carboxylic acids is 1. The number of anilines is 1. The van der Waals surface area contributed by atoms with E-state index >= 15 is 0 Å². The molecule has 6 heteroatoms. The minimum atomic E-state index is -0.527. The zero-order chi connectivity index (χ0) is 17.6. The van der Waals surface area contributed by atoms with E-state index in [9.17, 15) is 4.79 Å². The molecule has 1 atom stereocenters. The molecule has 0 aromatic heterocycles. The predicted molar refractivity (Wildman–Crippen MR) is 102 cm³/mol. The summed E-state index contributed by atoms with van der Waals surface area (Å²) < 4.78 is 5.32. The smallest absolute Gasteiger partial charge is 0.241 e. The zero-order valence-corrected chi connectivity index (χ0v) is 15.4. The van der Waals surface area contributed by atoms with E-state index in [4.69, 9.17) is 22.1 Å². The number of nitrogens with two attached hydrogens (primary N) is 1. The summed E-state index contributed by atoms with van der Waals surface area (Å²) in [7, 11) is 0. The minimum absolute atomic E-state index is 0.164. The van der Waals surface area contributed by atoms with E-state index in [0.29, 0.717) is 23.9 Å². The molecule has 0 bridgehead atoms. The lowest BCUT2D eigenvalue weighted by atomic mass is 9.92. The van der Waals surface area contributed by atoms with Gasteiger partial charge in [-0.3, -0.25) is 4.79 Å². The summed E-state index contributed by atoms with van der Waals surface area (Å²) in [5.74, 6) is -0.0106. The molecule has 1 saturated heterocycles. The first kappa shape index (κ1) is 18.3. The van der Waals surface area contributed by atoms with Gasteiger partial charge in [0.25, 0.3) is 0 Å². The maximum atomic E-state index is 12.4. The van der Waals surface area contributed by atoms with Crippen LogP contribution in [0.3, 0.4) is 0 Å². The number of amides is 1. The van der Waals surface area contributed by atoms with Crippen molar-refractivity contribution in [1.82, 2.24) is 0 Å². The molecule has 0 saturated carbocycles. The first-order valence-electron chi connectivity index (χ1n) is 8.30. The van der Waals surface area contributed by atoms with E-state index in [1.54, 1.807) is 17.8 Å². The van der Waals surface area contributed by atoms with Crippen LogP contribution in [0.4, 0.5) is 5.69 Å². The number of hydrogen-bond donors (Lipinski definition) is 2. The van der Waals surface area contributed by atoms with Gasteiger partial charge in [0, 0.05) is 28.7 Å². The number of hydrogen-bond acceptors (Lipinski definition) is 4. The standard InChI is InChI=1S/C19H21ClN2O2S/c20-16-12-14(6-7-17(16)25-15-4-2-1-3-5-15)22-19(23)18(21)13-8-10-24-11-9-13/h1-7,12-13,18H,8-11,21H2,(H,22,23). The topological polar surface area (TPSA) is 64.4 Å². The summed E-state index contributed by atoms with van der Waals surface area (Å²) in [6.07, 6.45) is 1.64. The van der Waals surface area contributed by atoms with Crippen LogP contribution >= 0.6 is 23.4 Å². The van der Waals surface area contributed by atoms with Crippen molar-refractivity contribution < 1.29 is 9.53 Å². The molecule has 2 aromatic rings. The van der Waals surface area contributed by atoms with Gasteiger partial charge in [-0.25, -0.2) is 0 Å². The number of benzene rings is 2. The van der Waals surface area contributed by atoms with Crippen LogP contribution in [0.25, 0.3) is 0 Å². The maximum Gasteiger partial charge on any atom is 0.241 e. The molecule has 0 radical (unpaired) electrons. The molecule has 1 aliphatic heterocycles. The quantitative estimate of drug-likeness (QED) is 0.821. The summed E-state index contributed by atoms with van der Waals surface area (Å²) >= 11 is 7.96. The maximum absolute atomic E-state index is 12.4. The first-order chi connectivity index (χ1) is 12.1. The van der Waals surface area contributed by atoms with Gasteiger partial charge in [0.05, 0.1) is 11.1 Å². The van der Waals surface area contributed by atoms with Gasteiger partial charge < -0.3 is 15.8 Å². The molecule has 3 rings (SSSR count). The van der Waals surface area contributed by atoms with E-state index in [0.717, 1.165) is 22.6 Å². The third-order valence-corrected chi connectivity index (χ3v) is 5.76. The van der Waals surface area contributed by atoms with Gasteiger partial charge >= 0.3 is 0 Å². The van der Waals surface area contributed by atoms with E-state index in [1.807, 2.05) is 42.5 Å². The Morgan fingerprint density at radius 2 is 1.92 bits per heavy atom. The van der Waals surface area contributed by atoms with Crippen LogP contribution in [0.5, 0.6) is 0 Å². The van der Waals surface area contributed by atoms with Crippen molar-refractivity contribution in [2.24, 2.45) is 11.7 Å². The summed E-state index contributed by atoms with van der Waals surface area (Å²) in [4.78, 5) is 14.4. The molecular formula is C19H21ClN2O2S. The van der Waals surface area contributed by atoms with Crippen LogP contribution in [-0.4, -0.2) is 25.2 Å². The van der Waals surface area contributed by atoms with Crippen molar-refractivity contribution in [2.75, 3.05) is 18.5 Å².